The van der Waals surface area contributed by atoms with E-state index in [9.17, 15) is 4.79 Å². The van der Waals surface area contributed by atoms with Crippen molar-refractivity contribution in [3.05, 3.63) is 0 Å². The molecule has 0 spiro atoms. The zero-order chi connectivity index (χ0) is 14.9. The monoisotopic (exact) mass is 271 g/mol. The van der Waals surface area contributed by atoms with Crippen molar-refractivity contribution in [3.63, 3.8) is 0 Å². The Balaban J connectivity index is 2.62. The van der Waals surface area contributed by atoms with Gasteiger partial charge in [0, 0.05) is 22.9 Å². The SMILES string of the molecule is CC(C)(C=O)COC1OCN(C(C)(C)C)CC1(C)C. The molecule has 112 valence electrons. The molecule has 0 radical (unpaired) electrons. The smallest absolute Gasteiger partial charge is 0.165 e. The first-order valence-electron chi connectivity index (χ1n) is 6.92. The highest BCUT2D eigenvalue weighted by molar-refractivity contribution is 5.57. The molecule has 1 unspecified atom stereocenters. The lowest BCUT2D eigenvalue weighted by Crippen LogP contribution is -2.57. The summed E-state index contributed by atoms with van der Waals surface area (Å²) in [7, 11) is 0. The maximum absolute atomic E-state index is 10.9. The molecule has 1 aliphatic heterocycles. The zero-order valence-corrected chi connectivity index (χ0v) is 13.4. The topological polar surface area (TPSA) is 38.8 Å². The highest BCUT2D eigenvalue weighted by Crippen LogP contribution is 2.33. The van der Waals surface area contributed by atoms with Crippen molar-refractivity contribution in [3.8, 4) is 0 Å². The summed E-state index contributed by atoms with van der Waals surface area (Å²) in [5.74, 6) is 0. The molecule has 0 aliphatic carbocycles. The van der Waals surface area contributed by atoms with Crippen molar-refractivity contribution in [2.75, 3.05) is 19.9 Å². The lowest BCUT2D eigenvalue weighted by Gasteiger charge is -2.48. The van der Waals surface area contributed by atoms with Crippen molar-refractivity contribution in [1.29, 1.82) is 0 Å². The number of hydrogen-bond acceptors (Lipinski definition) is 4. The van der Waals surface area contributed by atoms with Crippen LogP contribution in [0, 0.1) is 10.8 Å². The molecule has 1 heterocycles. The summed E-state index contributed by atoms with van der Waals surface area (Å²) < 4.78 is 11.7. The van der Waals surface area contributed by atoms with Crippen LogP contribution in [0.4, 0.5) is 0 Å². The molecular formula is C15H29NO3. The van der Waals surface area contributed by atoms with E-state index in [1.165, 1.54) is 0 Å². The largest absolute Gasteiger partial charge is 0.351 e. The van der Waals surface area contributed by atoms with Gasteiger partial charge in [0.05, 0.1) is 6.61 Å². The van der Waals surface area contributed by atoms with Gasteiger partial charge in [0.2, 0.25) is 0 Å². The van der Waals surface area contributed by atoms with Crippen LogP contribution in [0.2, 0.25) is 0 Å². The normalized spacial score (nSPS) is 25.3. The number of carbonyl (C=O) groups is 1. The van der Waals surface area contributed by atoms with Gasteiger partial charge in [-0.1, -0.05) is 27.7 Å². The van der Waals surface area contributed by atoms with Gasteiger partial charge < -0.3 is 14.3 Å². The third-order valence-electron chi connectivity index (χ3n) is 3.49. The second-order valence-electron chi connectivity index (χ2n) is 7.90. The molecule has 19 heavy (non-hydrogen) atoms. The predicted molar refractivity (Wildman–Crippen MR) is 75.8 cm³/mol. The summed E-state index contributed by atoms with van der Waals surface area (Å²) in [5.41, 5.74) is -0.463. The molecule has 1 aliphatic rings. The highest BCUT2D eigenvalue weighted by Gasteiger charge is 2.41. The first kappa shape index (κ1) is 16.6. The molecular weight excluding hydrogens is 242 g/mol. The van der Waals surface area contributed by atoms with Crippen molar-refractivity contribution >= 4 is 6.29 Å². The van der Waals surface area contributed by atoms with E-state index in [0.717, 1.165) is 12.8 Å². The summed E-state index contributed by atoms with van der Waals surface area (Å²) in [5, 5.41) is 0. The zero-order valence-electron chi connectivity index (χ0n) is 13.4. The van der Waals surface area contributed by atoms with Gasteiger partial charge in [-0.25, -0.2) is 0 Å². The Bertz CT molecular complexity index is 318. The fourth-order valence-electron chi connectivity index (χ4n) is 2.02. The molecule has 1 atom stereocenters. The Labute approximate surface area is 117 Å². The van der Waals surface area contributed by atoms with Gasteiger partial charge in [0.15, 0.2) is 6.29 Å². The lowest BCUT2D eigenvalue weighted by molar-refractivity contribution is -0.269. The molecule has 0 amide bonds. The number of carbonyl (C=O) groups excluding carboxylic acids is 1. The Hall–Kier alpha value is -0.450. The molecule has 0 aromatic heterocycles. The maximum Gasteiger partial charge on any atom is 0.165 e. The number of aldehydes is 1. The third kappa shape index (κ3) is 4.55. The van der Waals surface area contributed by atoms with Gasteiger partial charge in [0.25, 0.3) is 0 Å². The molecule has 4 heteroatoms. The Morgan fingerprint density at radius 1 is 1.32 bits per heavy atom. The predicted octanol–water partition coefficient (Wildman–Crippen LogP) is 2.67. The number of nitrogens with zero attached hydrogens (tertiary/aromatic N) is 1. The van der Waals surface area contributed by atoms with Gasteiger partial charge in [-0.3, -0.25) is 4.90 Å². The molecule has 4 nitrogen and oxygen atoms in total. The van der Waals surface area contributed by atoms with Crippen LogP contribution in [0.5, 0.6) is 0 Å². The second kappa shape index (κ2) is 5.51. The first-order valence-corrected chi connectivity index (χ1v) is 6.92. The first-order chi connectivity index (χ1) is 8.48. The van der Waals surface area contributed by atoms with Gasteiger partial charge in [0.1, 0.15) is 13.0 Å². The molecule has 0 N–H and O–H groups in total. The summed E-state index contributed by atoms with van der Waals surface area (Å²) in [6.07, 6.45) is 0.676. The van der Waals surface area contributed by atoms with E-state index in [2.05, 4.69) is 39.5 Å². The molecule has 0 saturated carbocycles. The van der Waals surface area contributed by atoms with Crippen LogP contribution in [0.15, 0.2) is 0 Å². The fraction of sp³-hybridized carbons (Fsp3) is 0.933. The van der Waals surface area contributed by atoms with Crippen LogP contribution in [0.25, 0.3) is 0 Å². The van der Waals surface area contributed by atoms with Gasteiger partial charge >= 0.3 is 0 Å². The van der Waals surface area contributed by atoms with Crippen molar-refractivity contribution < 1.29 is 14.3 Å². The third-order valence-corrected chi connectivity index (χ3v) is 3.49. The molecule has 0 bridgehead atoms. The van der Waals surface area contributed by atoms with Gasteiger partial charge in [-0.05, 0) is 20.8 Å². The summed E-state index contributed by atoms with van der Waals surface area (Å²) in [4.78, 5) is 13.2. The van der Waals surface area contributed by atoms with Crippen molar-refractivity contribution in [2.45, 2.75) is 60.3 Å². The highest BCUT2D eigenvalue weighted by atomic mass is 16.7. The van der Waals surface area contributed by atoms with E-state index < -0.39 is 5.41 Å². The van der Waals surface area contributed by atoms with E-state index in [-0.39, 0.29) is 17.2 Å². The van der Waals surface area contributed by atoms with Crippen LogP contribution in [-0.2, 0) is 14.3 Å². The van der Waals surface area contributed by atoms with Crippen LogP contribution in [0.1, 0.15) is 48.5 Å². The Kier molecular flexibility index (Phi) is 4.81. The van der Waals surface area contributed by atoms with Crippen LogP contribution in [-0.4, -0.2) is 42.9 Å². The van der Waals surface area contributed by atoms with E-state index in [1.807, 2.05) is 13.8 Å². The summed E-state index contributed by atoms with van der Waals surface area (Å²) in [6.45, 7) is 16.5. The molecule has 1 saturated heterocycles. The lowest BCUT2D eigenvalue weighted by atomic mass is 9.88. The molecule has 0 aromatic carbocycles. The number of ether oxygens (including phenoxy) is 2. The maximum atomic E-state index is 10.9. The Morgan fingerprint density at radius 3 is 2.32 bits per heavy atom. The average molecular weight is 271 g/mol. The number of rotatable bonds is 4. The fourth-order valence-corrected chi connectivity index (χ4v) is 2.02. The van der Waals surface area contributed by atoms with Crippen LogP contribution in [0.3, 0.4) is 0 Å². The minimum Gasteiger partial charge on any atom is -0.351 e. The van der Waals surface area contributed by atoms with Crippen LogP contribution < -0.4 is 0 Å². The average Bonchev–Trinajstić information content (AvgIpc) is 2.25. The summed E-state index contributed by atoms with van der Waals surface area (Å²) >= 11 is 0. The van der Waals surface area contributed by atoms with E-state index in [4.69, 9.17) is 9.47 Å². The molecule has 0 aromatic rings. The minimum absolute atomic E-state index is 0.0876. The van der Waals surface area contributed by atoms with Gasteiger partial charge in [-0.15, -0.1) is 0 Å². The van der Waals surface area contributed by atoms with Crippen molar-refractivity contribution in [1.82, 2.24) is 4.90 Å². The van der Waals surface area contributed by atoms with Crippen molar-refractivity contribution in [2.24, 2.45) is 10.8 Å². The van der Waals surface area contributed by atoms with E-state index in [0.29, 0.717) is 13.3 Å². The van der Waals surface area contributed by atoms with E-state index in [1.54, 1.807) is 0 Å². The van der Waals surface area contributed by atoms with E-state index >= 15 is 0 Å². The Morgan fingerprint density at radius 2 is 1.89 bits per heavy atom. The second-order valence-corrected chi connectivity index (χ2v) is 7.90. The van der Waals surface area contributed by atoms with Gasteiger partial charge in [-0.2, -0.15) is 0 Å². The molecule has 1 rings (SSSR count). The summed E-state index contributed by atoms with van der Waals surface area (Å²) in [6, 6.07) is 0. The molecule has 1 fully saturated rings. The quantitative estimate of drug-likeness (QED) is 0.737. The standard InChI is InChI=1S/C15H29NO3/c1-13(2,3)16-8-15(6,7)12(19-11-16)18-10-14(4,5)9-17/h9,12H,8,10-11H2,1-7H3. The minimum atomic E-state index is -0.458. The number of hydrogen-bond donors (Lipinski definition) is 0. The van der Waals surface area contributed by atoms with Crippen LogP contribution >= 0.6 is 0 Å².